The van der Waals surface area contributed by atoms with Gasteiger partial charge in [-0.15, -0.1) is 0 Å². The number of carbonyl (C=O) groups excluding carboxylic acids is 1. The van der Waals surface area contributed by atoms with Crippen molar-refractivity contribution in [1.29, 1.82) is 0 Å². The highest BCUT2D eigenvalue weighted by Crippen LogP contribution is 2.27. The summed E-state index contributed by atoms with van der Waals surface area (Å²) in [7, 11) is 0. The normalized spacial score (nSPS) is 26.0. The fraction of sp³-hybridized carbons (Fsp3) is 0.810. The number of nitrogens with zero attached hydrogens (tertiary/aromatic N) is 4. The van der Waals surface area contributed by atoms with Gasteiger partial charge in [-0.2, -0.15) is 5.10 Å². The fourth-order valence-electron chi connectivity index (χ4n) is 5.21. The Hall–Kier alpha value is -1.40. The van der Waals surface area contributed by atoms with Gasteiger partial charge in [-0.05, 0) is 72.0 Å². The molecular formula is C21H35N5O. The van der Waals surface area contributed by atoms with Crippen molar-refractivity contribution in [1.82, 2.24) is 24.9 Å². The minimum atomic E-state index is 0.242. The summed E-state index contributed by atoms with van der Waals surface area (Å²) >= 11 is 0. The van der Waals surface area contributed by atoms with E-state index in [-0.39, 0.29) is 5.92 Å². The molecule has 6 heteroatoms. The molecule has 0 saturated carbocycles. The van der Waals surface area contributed by atoms with Gasteiger partial charge in [0, 0.05) is 43.5 Å². The topological polar surface area (TPSA) is 55.5 Å². The highest BCUT2D eigenvalue weighted by molar-refractivity contribution is 5.79. The molecule has 3 fully saturated rings. The van der Waals surface area contributed by atoms with Gasteiger partial charge >= 0.3 is 0 Å². The van der Waals surface area contributed by atoms with Crippen molar-refractivity contribution in [2.75, 3.05) is 39.3 Å². The number of piperidine rings is 2. The Kier molecular flexibility index (Phi) is 5.83. The van der Waals surface area contributed by atoms with Crippen LogP contribution in [0.15, 0.2) is 0 Å². The molecule has 27 heavy (non-hydrogen) atoms. The van der Waals surface area contributed by atoms with Gasteiger partial charge in [-0.3, -0.25) is 19.7 Å². The number of rotatable bonds is 4. The molecule has 1 N–H and O–H groups in total. The number of amides is 1. The van der Waals surface area contributed by atoms with Gasteiger partial charge in [0.2, 0.25) is 5.91 Å². The minimum Gasteiger partial charge on any atom is -0.342 e. The molecule has 150 valence electrons. The Labute approximate surface area is 163 Å². The predicted octanol–water partition coefficient (Wildman–Crippen LogP) is 2.33. The van der Waals surface area contributed by atoms with E-state index in [0.717, 1.165) is 51.4 Å². The summed E-state index contributed by atoms with van der Waals surface area (Å²) in [4.78, 5) is 20.1. The standard InChI is InChI=1S/C21H35N5O/c1-16-20(17(2)23-22-16)15-24-12-7-19(8-13-24)26-11-5-6-18(14-26)21(27)25-9-3-4-10-25/h18-19H,3-15H2,1-2H3,(H,22,23). The van der Waals surface area contributed by atoms with Crippen molar-refractivity contribution in [2.45, 2.75) is 65.0 Å². The van der Waals surface area contributed by atoms with Crippen molar-refractivity contribution >= 4 is 5.91 Å². The van der Waals surface area contributed by atoms with Gasteiger partial charge < -0.3 is 4.90 Å². The molecule has 3 aliphatic rings. The average molecular weight is 374 g/mol. The third kappa shape index (κ3) is 4.21. The maximum atomic E-state index is 12.8. The Morgan fingerprint density at radius 1 is 1.04 bits per heavy atom. The van der Waals surface area contributed by atoms with Crippen molar-refractivity contribution in [3.05, 3.63) is 17.0 Å². The fourth-order valence-corrected chi connectivity index (χ4v) is 5.21. The Morgan fingerprint density at radius 2 is 1.78 bits per heavy atom. The van der Waals surface area contributed by atoms with Crippen molar-refractivity contribution in [2.24, 2.45) is 5.92 Å². The molecule has 1 unspecified atom stereocenters. The number of carbonyl (C=O) groups is 1. The number of nitrogens with one attached hydrogen (secondary N) is 1. The summed E-state index contributed by atoms with van der Waals surface area (Å²) in [5.74, 6) is 0.673. The first kappa shape index (κ1) is 18.9. The molecule has 6 nitrogen and oxygen atoms in total. The van der Waals surface area contributed by atoms with Gasteiger partial charge in [0.15, 0.2) is 0 Å². The van der Waals surface area contributed by atoms with Gasteiger partial charge in [0.05, 0.1) is 11.6 Å². The molecule has 4 rings (SSSR count). The van der Waals surface area contributed by atoms with Crippen LogP contribution in [0.2, 0.25) is 0 Å². The van der Waals surface area contributed by atoms with Crippen LogP contribution in [0.5, 0.6) is 0 Å². The van der Waals surface area contributed by atoms with E-state index in [2.05, 4.69) is 38.7 Å². The molecular weight excluding hydrogens is 338 g/mol. The summed E-state index contributed by atoms with van der Waals surface area (Å²) in [6.07, 6.45) is 7.09. The first-order valence-corrected chi connectivity index (χ1v) is 10.9. The molecule has 0 spiro atoms. The second kappa shape index (κ2) is 8.31. The predicted molar refractivity (Wildman–Crippen MR) is 106 cm³/mol. The molecule has 1 aromatic heterocycles. The van der Waals surface area contributed by atoms with E-state index < -0.39 is 0 Å². The smallest absolute Gasteiger partial charge is 0.226 e. The lowest BCUT2D eigenvalue weighted by Gasteiger charge is -2.42. The lowest BCUT2D eigenvalue weighted by atomic mass is 9.92. The number of aryl methyl sites for hydroxylation is 2. The van der Waals surface area contributed by atoms with E-state index >= 15 is 0 Å². The van der Waals surface area contributed by atoms with Gasteiger partial charge in [-0.1, -0.05) is 0 Å². The molecule has 0 aromatic carbocycles. The van der Waals surface area contributed by atoms with E-state index in [1.165, 1.54) is 49.9 Å². The molecule has 4 heterocycles. The third-order valence-corrected chi connectivity index (χ3v) is 6.96. The number of hydrogen-bond acceptors (Lipinski definition) is 4. The number of H-pyrrole nitrogens is 1. The zero-order valence-electron chi connectivity index (χ0n) is 17.0. The molecule has 0 bridgehead atoms. The average Bonchev–Trinajstić information content (AvgIpc) is 3.34. The summed E-state index contributed by atoms with van der Waals surface area (Å²) in [6, 6.07) is 0.655. The lowest BCUT2D eigenvalue weighted by Crippen LogP contribution is -2.51. The largest absolute Gasteiger partial charge is 0.342 e. The molecule has 1 amide bonds. The molecule has 1 aromatic rings. The van der Waals surface area contributed by atoms with Crippen LogP contribution in [0.3, 0.4) is 0 Å². The van der Waals surface area contributed by atoms with Gasteiger partial charge in [0.1, 0.15) is 0 Å². The van der Waals surface area contributed by atoms with Crippen LogP contribution >= 0.6 is 0 Å². The molecule has 3 saturated heterocycles. The van der Waals surface area contributed by atoms with E-state index in [0.29, 0.717) is 11.9 Å². The maximum Gasteiger partial charge on any atom is 0.226 e. The Morgan fingerprint density at radius 3 is 2.44 bits per heavy atom. The minimum absolute atomic E-state index is 0.242. The summed E-state index contributed by atoms with van der Waals surface area (Å²) in [5, 5.41) is 7.44. The van der Waals surface area contributed by atoms with Crippen LogP contribution in [0.1, 0.15) is 55.5 Å². The Balaban J connectivity index is 1.28. The second-order valence-corrected chi connectivity index (χ2v) is 8.79. The van der Waals surface area contributed by atoms with E-state index in [1.54, 1.807) is 0 Å². The quantitative estimate of drug-likeness (QED) is 0.880. The molecule has 3 aliphatic heterocycles. The van der Waals surface area contributed by atoms with Crippen LogP contribution in [-0.4, -0.2) is 76.1 Å². The summed E-state index contributed by atoms with van der Waals surface area (Å²) in [6.45, 7) is 11.7. The van der Waals surface area contributed by atoms with Crippen LogP contribution in [0.25, 0.3) is 0 Å². The monoisotopic (exact) mass is 373 g/mol. The zero-order chi connectivity index (χ0) is 18.8. The summed E-state index contributed by atoms with van der Waals surface area (Å²) < 4.78 is 0. The maximum absolute atomic E-state index is 12.8. The number of likely N-dealkylation sites (tertiary alicyclic amines) is 3. The lowest BCUT2D eigenvalue weighted by molar-refractivity contribution is -0.136. The Bertz CT molecular complexity index is 623. The van der Waals surface area contributed by atoms with E-state index in [1.807, 2.05) is 0 Å². The zero-order valence-corrected chi connectivity index (χ0v) is 17.0. The SMILES string of the molecule is Cc1n[nH]c(C)c1CN1CCC(N2CCCC(C(=O)N3CCCC3)C2)CC1. The summed E-state index contributed by atoms with van der Waals surface area (Å²) in [5.41, 5.74) is 3.70. The van der Waals surface area contributed by atoms with Crippen molar-refractivity contribution < 1.29 is 4.79 Å². The number of aromatic amines is 1. The van der Waals surface area contributed by atoms with Crippen LogP contribution in [0, 0.1) is 19.8 Å². The van der Waals surface area contributed by atoms with Crippen molar-refractivity contribution in [3.63, 3.8) is 0 Å². The highest BCUT2D eigenvalue weighted by atomic mass is 16.2. The van der Waals surface area contributed by atoms with E-state index in [4.69, 9.17) is 0 Å². The highest BCUT2D eigenvalue weighted by Gasteiger charge is 2.34. The van der Waals surface area contributed by atoms with Crippen LogP contribution in [-0.2, 0) is 11.3 Å². The van der Waals surface area contributed by atoms with Gasteiger partial charge in [0.25, 0.3) is 0 Å². The van der Waals surface area contributed by atoms with Crippen LogP contribution in [0.4, 0.5) is 0 Å². The second-order valence-electron chi connectivity index (χ2n) is 8.79. The first-order valence-electron chi connectivity index (χ1n) is 10.9. The molecule has 0 radical (unpaired) electrons. The van der Waals surface area contributed by atoms with Gasteiger partial charge in [-0.25, -0.2) is 0 Å². The molecule has 1 atom stereocenters. The number of hydrogen-bond donors (Lipinski definition) is 1. The number of aromatic nitrogens is 2. The van der Waals surface area contributed by atoms with E-state index in [9.17, 15) is 4.79 Å². The molecule has 0 aliphatic carbocycles. The van der Waals surface area contributed by atoms with Crippen LogP contribution < -0.4 is 0 Å². The van der Waals surface area contributed by atoms with Crippen molar-refractivity contribution in [3.8, 4) is 0 Å². The third-order valence-electron chi connectivity index (χ3n) is 6.96. The first-order chi connectivity index (χ1) is 13.1.